The molecule has 0 aromatic heterocycles. The van der Waals surface area contributed by atoms with Gasteiger partial charge >= 0.3 is 0 Å². The maximum Gasteiger partial charge on any atom is 0.243 e. The molecule has 3 aromatic carbocycles. The van der Waals surface area contributed by atoms with Crippen molar-refractivity contribution in [2.45, 2.75) is 17.7 Å². The summed E-state index contributed by atoms with van der Waals surface area (Å²) in [6.45, 7) is 0.251. The minimum Gasteiger partial charge on any atom is -0.355 e. The average Bonchev–Trinajstić information content (AvgIpc) is 2.72. The summed E-state index contributed by atoms with van der Waals surface area (Å²) in [5, 5.41) is 5.28. The molecular formula is C22H23ClN2O3S. The highest BCUT2D eigenvalue weighted by Crippen LogP contribution is 2.21. The lowest BCUT2D eigenvalue weighted by atomic mass is 10.1. The molecule has 0 fully saturated rings. The van der Waals surface area contributed by atoms with E-state index in [-0.39, 0.29) is 17.3 Å². The van der Waals surface area contributed by atoms with Crippen molar-refractivity contribution < 1.29 is 13.2 Å². The van der Waals surface area contributed by atoms with Crippen LogP contribution in [0, 0.1) is 0 Å². The lowest BCUT2D eigenvalue weighted by Crippen LogP contribution is -2.38. The number of hydrogen-bond donors (Lipinski definition) is 1. The molecule has 0 aliphatic heterocycles. The molecule has 0 saturated heterocycles. The molecule has 0 aliphatic carbocycles. The maximum absolute atomic E-state index is 12.8. The van der Waals surface area contributed by atoms with Gasteiger partial charge in [0.15, 0.2) is 0 Å². The van der Waals surface area contributed by atoms with Gasteiger partial charge in [-0.25, -0.2) is 8.42 Å². The van der Waals surface area contributed by atoms with Crippen LogP contribution in [0.1, 0.15) is 12.0 Å². The van der Waals surface area contributed by atoms with Crippen molar-refractivity contribution in [3.8, 4) is 0 Å². The SMILES string of the molecule is CN(CC(=O)NCCCc1ccc(Cl)cc1)S(=O)(=O)c1ccc2ccccc2c1. The summed E-state index contributed by atoms with van der Waals surface area (Å²) in [5.74, 6) is -0.326. The Labute approximate surface area is 176 Å². The number of rotatable bonds is 8. The molecule has 29 heavy (non-hydrogen) atoms. The van der Waals surface area contributed by atoms with Crippen molar-refractivity contribution in [1.82, 2.24) is 9.62 Å². The zero-order valence-corrected chi connectivity index (χ0v) is 17.7. The number of fused-ring (bicyclic) bond motifs is 1. The van der Waals surface area contributed by atoms with E-state index in [9.17, 15) is 13.2 Å². The highest BCUT2D eigenvalue weighted by Gasteiger charge is 2.23. The average molecular weight is 431 g/mol. The van der Waals surface area contributed by atoms with Gasteiger partial charge in [0.25, 0.3) is 0 Å². The molecule has 0 heterocycles. The molecule has 7 heteroatoms. The first-order valence-electron chi connectivity index (χ1n) is 9.32. The summed E-state index contributed by atoms with van der Waals surface area (Å²) in [6, 6.07) is 20.1. The molecule has 0 spiro atoms. The Bertz CT molecular complexity index is 1100. The zero-order chi connectivity index (χ0) is 20.9. The standard InChI is InChI=1S/C22H23ClN2O3S/c1-25(16-22(26)24-14-4-5-17-8-11-20(23)12-9-17)29(27,28)21-13-10-18-6-2-3-7-19(18)15-21/h2-3,6-13,15H,4-5,14,16H2,1H3,(H,24,26). The lowest BCUT2D eigenvalue weighted by Gasteiger charge is -2.17. The summed E-state index contributed by atoms with van der Waals surface area (Å²) in [7, 11) is -2.33. The number of carbonyl (C=O) groups excluding carboxylic acids is 1. The van der Waals surface area contributed by atoms with E-state index in [1.165, 1.54) is 7.05 Å². The molecule has 1 amide bonds. The van der Waals surface area contributed by atoms with Crippen molar-refractivity contribution in [1.29, 1.82) is 0 Å². The number of nitrogens with one attached hydrogen (secondary N) is 1. The van der Waals surface area contributed by atoms with Crippen LogP contribution in [-0.2, 0) is 21.2 Å². The highest BCUT2D eigenvalue weighted by molar-refractivity contribution is 7.89. The Morgan fingerprint density at radius 3 is 2.41 bits per heavy atom. The quantitative estimate of drug-likeness (QED) is 0.552. The van der Waals surface area contributed by atoms with Gasteiger partial charge in [-0.05, 0) is 53.4 Å². The summed E-state index contributed by atoms with van der Waals surface area (Å²) >= 11 is 5.86. The van der Waals surface area contributed by atoms with Crippen LogP contribution < -0.4 is 5.32 Å². The molecule has 3 rings (SSSR count). The van der Waals surface area contributed by atoms with Crippen LogP contribution >= 0.6 is 11.6 Å². The zero-order valence-electron chi connectivity index (χ0n) is 16.1. The molecule has 152 valence electrons. The fourth-order valence-corrected chi connectivity index (χ4v) is 4.31. The number of nitrogens with zero attached hydrogens (tertiary/aromatic N) is 1. The highest BCUT2D eigenvalue weighted by atomic mass is 35.5. The second-order valence-corrected chi connectivity index (χ2v) is 9.33. The number of hydrogen-bond acceptors (Lipinski definition) is 3. The van der Waals surface area contributed by atoms with Gasteiger partial charge in [0.05, 0.1) is 11.4 Å². The third kappa shape index (κ3) is 5.56. The van der Waals surface area contributed by atoms with Gasteiger partial charge in [0.2, 0.25) is 15.9 Å². The molecule has 0 aliphatic rings. The van der Waals surface area contributed by atoms with Gasteiger partial charge in [-0.15, -0.1) is 0 Å². The van der Waals surface area contributed by atoms with Crippen LogP contribution in [0.15, 0.2) is 71.6 Å². The summed E-state index contributed by atoms with van der Waals surface area (Å²) in [6.07, 6.45) is 1.57. The van der Waals surface area contributed by atoms with Crippen LogP contribution in [-0.4, -0.2) is 38.8 Å². The third-order valence-electron chi connectivity index (χ3n) is 4.67. The van der Waals surface area contributed by atoms with E-state index in [0.29, 0.717) is 11.6 Å². The van der Waals surface area contributed by atoms with Crippen LogP contribution in [0.5, 0.6) is 0 Å². The van der Waals surface area contributed by atoms with Gasteiger partial charge in [-0.2, -0.15) is 4.31 Å². The molecule has 5 nitrogen and oxygen atoms in total. The number of amides is 1. The number of likely N-dealkylation sites (N-methyl/N-ethyl adjacent to an activating group) is 1. The fourth-order valence-electron chi connectivity index (χ4n) is 3.02. The van der Waals surface area contributed by atoms with Crippen molar-refractivity contribution >= 4 is 38.3 Å². The Hall–Kier alpha value is -2.41. The summed E-state index contributed by atoms with van der Waals surface area (Å²) in [4.78, 5) is 12.3. The minimum atomic E-state index is -3.74. The number of carbonyl (C=O) groups is 1. The predicted molar refractivity (Wildman–Crippen MR) is 117 cm³/mol. The van der Waals surface area contributed by atoms with Crippen LogP contribution in [0.4, 0.5) is 0 Å². The maximum atomic E-state index is 12.8. The normalized spacial score (nSPS) is 11.7. The van der Waals surface area contributed by atoms with E-state index in [1.54, 1.807) is 18.2 Å². The molecule has 0 unspecified atom stereocenters. The van der Waals surface area contributed by atoms with Crippen LogP contribution in [0.25, 0.3) is 10.8 Å². The first-order valence-corrected chi connectivity index (χ1v) is 11.1. The lowest BCUT2D eigenvalue weighted by molar-refractivity contribution is -0.121. The first kappa shape index (κ1) is 21.3. The fraction of sp³-hybridized carbons (Fsp3) is 0.227. The molecule has 0 atom stereocenters. The Balaban J connectivity index is 1.52. The van der Waals surface area contributed by atoms with Gasteiger partial charge in [-0.3, -0.25) is 4.79 Å². The Morgan fingerprint density at radius 2 is 1.69 bits per heavy atom. The molecule has 0 saturated carbocycles. The smallest absolute Gasteiger partial charge is 0.243 e. The van der Waals surface area contributed by atoms with Crippen molar-refractivity contribution in [2.24, 2.45) is 0 Å². The third-order valence-corrected chi connectivity index (χ3v) is 6.72. The first-order chi connectivity index (χ1) is 13.9. The van der Waals surface area contributed by atoms with Gasteiger partial charge < -0.3 is 5.32 Å². The minimum absolute atomic E-state index is 0.175. The van der Waals surface area contributed by atoms with Gasteiger partial charge in [0, 0.05) is 18.6 Å². The van der Waals surface area contributed by atoms with E-state index < -0.39 is 10.0 Å². The molecular weight excluding hydrogens is 408 g/mol. The van der Waals surface area contributed by atoms with E-state index in [1.807, 2.05) is 48.5 Å². The summed E-state index contributed by atoms with van der Waals surface area (Å²) < 4.78 is 26.7. The largest absolute Gasteiger partial charge is 0.355 e. The number of halogens is 1. The molecule has 0 radical (unpaired) electrons. The van der Waals surface area contributed by atoms with Crippen molar-refractivity contribution in [3.05, 3.63) is 77.3 Å². The van der Waals surface area contributed by atoms with Gasteiger partial charge in [-0.1, -0.05) is 54.1 Å². The number of sulfonamides is 1. The predicted octanol–water partition coefficient (Wildman–Crippen LogP) is 3.86. The second-order valence-electron chi connectivity index (χ2n) is 6.85. The van der Waals surface area contributed by atoms with E-state index in [4.69, 9.17) is 11.6 Å². The Kier molecular flexibility index (Phi) is 6.90. The topological polar surface area (TPSA) is 66.5 Å². The van der Waals surface area contributed by atoms with Crippen molar-refractivity contribution in [2.75, 3.05) is 20.1 Å². The van der Waals surface area contributed by atoms with Crippen LogP contribution in [0.2, 0.25) is 5.02 Å². The Morgan fingerprint density at radius 1 is 1.00 bits per heavy atom. The van der Waals surface area contributed by atoms with Crippen molar-refractivity contribution in [3.63, 3.8) is 0 Å². The van der Waals surface area contributed by atoms with E-state index in [0.717, 1.165) is 33.5 Å². The van der Waals surface area contributed by atoms with E-state index in [2.05, 4.69) is 5.32 Å². The molecule has 3 aromatic rings. The summed E-state index contributed by atoms with van der Waals surface area (Å²) in [5.41, 5.74) is 1.14. The van der Waals surface area contributed by atoms with E-state index >= 15 is 0 Å². The number of benzene rings is 3. The second kappa shape index (κ2) is 9.39. The molecule has 0 bridgehead atoms. The number of aryl methyl sites for hydroxylation is 1. The van der Waals surface area contributed by atoms with Crippen LogP contribution in [0.3, 0.4) is 0 Å². The molecule has 1 N–H and O–H groups in total. The van der Waals surface area contributed by atoms with Gasteiger partial charge in [0.1, 0.15) is 0 Å². The monoisotopic (exact) mass is 430 g/mol.